The van der Waals surface area contributed by atoms with Gasteiger partial charge >= 0.3 is 5.97 Å². The number of aliphatic carboxylic acids is 1. The minimum Gasteiger partial charge on any atom is -0.481 e. The van der Waals surface area contributed by atoms with Crippen molar-refractivity contribution >= 4 is 11.9 Å². The summed E-state index contributed by atoms with van der Waals surface area (Å²) >= 11 is 0. The smallest absolute Gasteiger partial charge is 0.341 e. The fraction of sp³-hybridized carbons (Fsp3) is 0.364. The van der Waals surface area contributed by atoms with E-state index in [-0.39, 0.29) is 18.1 Å². The number of hydrogen-bond acceptors (Lipinski definition) is 4. The molecule has 3 rings (SSSR count). The van der Waals surface area contributed by atoms with E-state index >= 15 is 0 Å². The van der Waals surface area contributed by atoms with Crippen LogP contribution in [0.3, 0.4) is 0 Å². The van der Waals surface area contributed by atoms with Gasteiger partial charge in [-0.15, -0.1) is 0 Å². The number of aryl methyl sites for hydroxylation is 2. The fourth-order valence-electron chi connectivity index (χ4n) is 3.54. The molecular weight excluding hydrogens is 358 g/mol. The zero-order chi connectivity index (χ0) is 20.1. The third-order valence-electron chi connectivity index (χ3n) is 4.85. The largest absolute Gasteiger partial charge is 0.481 e. The monoisotopic (exact) mass is 383 g/mol. The molecule has 1 aliphatic heterocycles. The summed E-state index contributed by atoms with van der Waals surface area (Å²) in [4.78, 5) is 23.5. The lowest BCUT2D eigenvalue weighted by molar-refractivity contribution is -0.139. The number of carboxylic acids is 1. The molecule has 2 N–H and O–H groups in total. The molecule has 0 spiro atoms. The third-order valence-corrected chi connectivity index (χ3v) is 4.85. The fourth-order valence-corrected chi connectivity index (χ4v) is 3.54. The van der Waals surface area contributed by atoms with Gasteiger partial charge in [-0.3, -0.25) is 4.79 Å². The molecule has 2 aromatic rings. The second-order valence-corrected chi connectivity index (χ2v) is 7.09. The Kier molecular flexibility index (Phi) is 6.31. The molecule has 148 valence electrons. The Bertz CT molecular complexity index is 826. The summed E-state index contributed by atoms with van der Waals surface area (Å²) in [6, 6.07) is 13.5. The Morgan fingerprint density at radius 2 is 1.86 bits per heavy atom. The Morgan fingerprint density at radius 1 is 1.18 bits per heavy atom. The molecule has 1 aliphatic rings. The SMILES string of the molecule is Cc1cc(C(=O)NC2CCOC(c3ccccc3)C2)cc(C)c1OCC(=O)O. The normalized spacial score (nSPS) is 19.1. The van der Waals surface area contributed by atoms with Gasteiger partial charge in [0.25, 0.3) is 5.91 Å². The van der Waals surface area contributed by atoms with Gasteiger partial charge in [0.15, 0.2) is 6.61 Å². The molecule has 0 aliphatic carbocycles. The number of hydrogen-bond donors (Lipinski definition) is 2. The highest BCUT2D eigenvalue weighted by Gasteiger charge is 2.25. The van der Waals surface area contributed by atoms with E-state index in [0.29, 0.717) is 17.9 Å². The van der Waals surface area contributed by atoms with Gasteiger partial charge in [-0.05, 0) is 55.5 Å². The molecule has 2 aromatic carbocycles. The maximum atomic E-state index is 12.8. The average Bonchev–Trinajstić information content (AvgIpc) is 2.68. The summed E-state index contributed by atoms with van der Waals surface area (Å²) in [6.07, 6.45) is 1.48. The van der Waals surface area contributed by atoms with Crippen LogP contribution < -0.4 is 10.1 Å². The van der Waals surface area contributed by atoms with Gasteiger partial charge in [-0.1, -0.05) is 30.3 Å². The first-order valence-corrected chi connectivity index (χ1v) is 9.37. The number of carboxylic acid groups (broad SMARTS) is 1. The van der Waals surface area contributed by atoms with Crippen LogP contribution in [-0.4, -0.2) is 36.2 Å². The van der Waals surface area contributed by atoms with Crippen LogP contribution in [0.1, 0.15) is 46.0 Å². The highest BCUT2D eigenvalue weighted by Crippen LogP contribution is 2.29. The third kappa shape index (κ3) is 4.89. The average molecular weight is 383 g/mol. The van der Waals surface area contributed by atoms with Crippen LogP contribution in [0.25, 0.3) is 0 Å². The molecule has 1 amide bonds. The number of nitrogens with one attached hydrogen (secondary N) is 1. The van der Waals surface area contributed by atoms with Crippen LogP contribution in [0, 0.1) is 13.8 Å². The molecule has 1 fully saturated rings. The van der Waals surface area contributed by atoms with E-state index in [1.54, 1.807) is 26.0 Å². The van der Waals surface area contributed by atoms with Crippen LogP contribution in [0.2, 0.25) is 0 Å². The van der Waals surface area contributed by atoms with Crippen molar-refractivity contribution < 1.29 is 24.2 Å². The number of rotatable bonds is 6. The summed E-state index contributed by atoms with van der Waals surface area (Å²) in [5.41, 5.74) is 3.13. The molecule has 1 saturated heterocycles. The lowest BCUT2D eigenvalue weighted by atomic mass is 9.97. The Balaban J connectivity index is 1.66. The number of benzene rings is 2. The highest BCUT2D eigenvalue weighted by molar-refractivity contribution is 5.95. The van der Waals surface area contributed by atoms with E-state index in [2.05, 4.69) is 5.32 Å². The van der Waals surface area contributed by atoms with Crippen LogP contribution >= 0.6 is 0 Å². The van der Waals surface area contributed by atoms with Gasteiger partial charge in [-0.2, -0.15) is 0 Å². The lowest BCUT2D eigenvalue weighted by Gasteiger charge is -2.30. The van der Waals surface area contributed by atoms with E-state index < -0.39 is 12.6 Å². The predicted octanol–water partition coefficient (Wildman–Crippen LogP) is 3.42. The van der Waals surface area contributed by atoms with E-state index in [9.17, 15) is 9.59 Å². The zero-order valence-corrected chi connectivity index (χ0v) is 16.1. The van der Waals surface area contributed by atoms with Gasteiger partial charge in [0, 0.05) is 18.2 Å². The van der Waals surface area contributed by atoms with E-state index in [4.69, 9.17) is 14.6 Å². The van der Waals surface area contributed by atoms with Crippen LogP contribution in [0.5, 0.6) is 5.75 Å². The van der Waals surface area contributed by atoms with Gasteiger partial charge in [-0.25, -0.2) is 4.79 Å². The quantitative estimate of drug-likeness (QED) is 0.798. The number of carbonyl (C=O) groups is 2. The second kappa shape index (κ2) is 8.89. The van der Waals surface area contributed by atoms with Crippen molar-refractivity contribution in [1.82, 2.24) is 5.32 Å². The molecule has 0 saturated carbocycles. The summed E-state index contributed by atoms with van der Waals surface area (Å²) in [5, 5.41) is 11.9. The van der Waals surface area contributed by atoms with Crippen LogP contribution in [0.15, 0.2) is 42.5 Å². The van der Waals surface area contributed by atoms with E-state index in [0.717, 1.165) is 29.5 Å². The maximum absolute atomic E-state index is 12.8. The molecule has 2 unspecified atom stereocenters. The molecular formula is C22H25NO5. The Labute approximate surface area is 164 Å². The van der Waals surface area contributed by atoms with Gasteiger partial charge in [0.2, 0.25) is 0 Å². The van der Waals surface area contributed by atoms with Gasteiger partial charge < -0.3 is 19.9 Å². The number of amides is 1. The zero-order valence-electron chi connectivity index (χ0n) is 16.1. The summed E-state index contributed by atoms with van der Waals surface area (Å²) in [6.45, 7) is 3.81. The lowest BCUT2D eigenvalue weighted by Crippen LogP contribution is -2.39. The van der Waals surface area contributed by atoms with Gasteiger partial charge in [0.05, 0.1) is 6.10 Å². The first-order valence-electron chi connectivity index (χ1n) is 9.37. The molecule has 0 aromatic heterocycles. The minimum atomic E-state index is -1.03. The van der Waals surface area contributed by atoms with E-state index in [1.165, 1.54) is 0 Å². The molecule has 0 bridgehead atoms. The first kappa shape index (κ1) is 19.9. The molecule has 6 nitrogen and oxygen atoms in total. The Morgan fingerprint density at radius 3 is 2.50 bits per heavy atom. The standard InChI is InChI=1S/C22H25NO5/c1-14-10-17(11-15(2)21(14)28-13-20(24)25)22(26)23-18-8-9-27-19(12-18)16-6-4-3-5-7-16/h3-7,10-11,18-19H,8-9,12-13H2,1-2H3,(H,23,26)(H,24,25). The second-order valence-electron chi connectivity index (χ2n) is 7.09. The van der Waals surface area contributed by atoms with Crippen molar-refractivity contribution in [2.75, 3.05) is 13.2 Å². The number of ether oxygens (including phenoxy) is 2. The summed E-state index contributed by atoms with van der Waals surface area (Å²) in [7, 11) is 0. The van der Waals surface area contributed by atoms with Gasteiger partial charge in [0.1, 0.15) is 5.75 Å². The maximum Gasteiger partial charge on any atom is 0.341 e. The highest BCUT2D eigenvalue weighted by atomic mass is 16.5. The molecule has 1 heterocycles. The Hall–Kier alpha value is -2.86. The molecule has 2 atom stereocenters. The van der Waals surface area contributed by atoms with Crippen molar-refractivity contribution in [3.8, 4) is 5.75 Å². The van der Waals surface area contributed by atoms with Crippen LogP contribution in [0.4, 0.5) is 0 Å². The van der Waals surface area contributed by atoms with Crippen molar-refractivity contribution in [3.63, 3.8) is 0 Å². The van der Waals surface area contributed by atoms with E-state index in [1.807, 2.05) is 30.3 Å². The first-order chi connectivity index (χ1) is 13.4. The number of carbonyl (C=O) groups excluding carboxylic acids is 1. The minimum absolute atomic E-state index is 0.0180. The van der Waals surface area contributed by atoms with Crippen molar-refractivity contribution in [2.24, 2.45) is 0 Å². The van der Waals surface area contributed by atoms with Crippen LogP contribution in [-0.2, 0) is 9.53 Å². The molecule has 28 heavy (non-hydrogen) atoms. The predicted molar refractivity (Wildman–Crippen MR) is 105 cm³/mol. The van der Waals surface area contributed by atoms with Crippen molar-refractivity contribution in [2.45, 2.75) is 38.8 Å². The topological polar surface area (TPSA) is 84.9 Å². The summed E-state index contributed by atoms with van der Waals surface area (Å²) < 4.78 is 11.2. The summed E-state index contributed by atoms with van der Waals surface area (Å²) in [5.74, 6) is -0.669. The molecule has 6 heteroatoms. The van der Waals surface area contributed by atoms with Crippen molar-refractivity contribution in [1.29, 1.82) is 0 Å². The molecule has 0 radical (unpaired) electrons. The van der Waals surface area contributed by atoms with Crippen molar-refractivity contribution in [3.05, 3.63) is 64.7 Å².